The van der Waals surface area contributed by atoms with Crippen molar-refractivity contribution in [1.29, 1.82) is 0 Å². The first-order valence-corrected chi connectivity index (χ1v) is 8.76. The van der Waals surface area contributed by atoms with Crippen molar-refractivity contribution in [2.24, 2.45) is 5.73 Å². The lowest BCUT2D eigenvalue weighted by Crippen LogP contribution is -2.36. The fraction of sp³-hybridized carbons (Fsp3) is 0.222. The second-order valence-electron chi connectivity index (χ2n) is 5.24. The summed E-state index contributed by atoms with van der Waals surface area (Å²) in [7, 11) is 1.32. The van der Waals surface area contributed by atoms with Crippen LogP contribution >= 0.6 is 11.8 Å². The largest absolute Gasteiger partial charge is 0.453 e. The molecule has 0 spiro atoms. The molecule has 25 heavy (non-hydrogen) atoms. The molecule has 0 aliphatic carbocycles. The molecule has 0 radical (unpaired) electrons. The van der Waals surface area contributed by atoms with Crippen LogP contribution in [0.25, 0.3) is 0 Å². The van der Waals surface area contributed by atoms with Crippen LogP contribution in [0.2, 0.25) is 0 Å². The van der Waals surface area contributed by atoms with E-state index in [4.69, 9.17) is 5.73 Å². The third kappa shape index (κ3) is 6.48. The first-order valence-electron chi connectivity index (χ1n) is 7.78. The van der Waals surface area contributed by atoms with Gasteiger partial charge < -0.3 is 15.8 Å². The molecule has 2 aromatic carbocycles. The van der Waals surface area contributed by atoms with E-state index in [0.29, 0.717) is 17.9 Å². The molecule has 2 aromatic rings. The molecule has 7 heteroatoms. The van der Waals surface area contributed by atoms with E-state index < -0.39 is 12.1 Å². The number of carbonyl (C=O) groups is 2. The molecule has 2 rings (SSSR count). The highest BCUT2D eigenvalue weighted by Gasteiger charge is 2.13. The van der Waals surface area contributed by atoms with E-state index in [1.165, 1.54) is 7.11 Å². The van der Waals surface area contributed by atoms with E-state index in [9.17, 15) is 9.59 Å². The van der Waals surface area contributed by atoms with Crippen LogP contribution in [0.5, 0.6) is 0 Å². The fourth-order valence-corrected chi connectivity index (χ4v) is 2.93. The Morgan fingerprint density at radius 1 is 1.04 bits per heavy atom. The molecule has 0 heterocycles. The van der Waals surface area contributed by atoms with Gasteiger partial charge in [0.05, 0.1) is 13.2 Å². The Balaban J connectivity index is 1.74. The molecule has 0 aliphatic heterocycles. The Bertz CT molecular complexity index is 692. The molecule has 0 saturated carbocycles. The number of nitrogens with one attached hydrogen (secondary N) is 2. The maximum Gasteiger partial charge on any atom is 0.411 e. The first-order chi connectivity index (χ1) is 12.1. The van der Waals surface area contributed by atoms with Gasteiger partial charge in [-0.15, -0.1) is 11.8 Å². The van der Waals surface area contributed by atoms with Gasteiger partial charge in [0.25, 0.3) is 0 Å². The maximum absolute atomic E-state index is 12.0. The second kappa shape index (κ2) is 9.71. The quantitative estimate of drug-likeness (QED) is 0.660. The molecule has 6 nitrogen and oxygen atoms in total. The summed E-state index contributed by atoms with van der Waals surface area (Å²) >= 11 is 1.60. The summed E-state index contributed by atoms with van der Waals surface area (Å²) in [5.74, 6) is 0.525. The molecule has 132 valence electrons. The Labute approximate surface area is 151 Å². The van der Waals surface area contributed by atoms with Crippen molar-refractivity contribution in [3.63, 3.8) is 0 Å². The highest BCUT2D eigenvalue weighted by molar-refractivity contribution is 7.99. The molecular weight excluding hydrogens is 338 g/mol. The van der Waals surface area contributed by atoms with E-state index in [2.05, 4.69) is 15.4 Å². The summed E-state index contributed by atoms with van der Waals surface area (Å²) in [5, 5.41) is 5.38. The monoisotopic (exact) mass is 359 g/mol. The van der Waals surface area contributed by atoms with E-state index in [1.54, 1.807) is 23.9 Å². The second-order valence-corrected chi connectivity index (χ2v) is 6.41. The van der Waals surface area contributed by atoms with E-state index >= 15 is 0 Å². The van der Waals surface area contributed by atoms with Crippen molar-refractivity contribution in [2.45, 2.75) is 17.4 Å². The summed E-state index contributed by atoms with van der Waals surface area (Å²) in [6.45, 7) is 0. The number of methoxy groups -OCH3 is 1. The van der Waals surface area contributed by atoms with Crippen LogP contribution in [0, 0.1) is 0 Å². The summed E-state index contributed by atoms with van der Waals surface area (Å²) in [4.78, 5) is 24.2. The predicted molar refractivity (Wildman–Crippen MR) is 101 cm³/mol. The van der Waals surface area contributed by atoms with Crippen LogP contribution in [0.3, 0.4) is 0 Å². The molecule has 2 amide bonds. The maximum atomic E-state index is 12.0. The minimum absolute atomic E-state index is 0.190. The minimum Gasteiger partial charge on any atom is -0.453 e. The fourth-order valence-electron chi connectivity index (χ4n) is 1.99. The number of rotatable bonds is 7. The zero-order valence-electron chi connectivity index (χ0n) is 13.9. The smallest absolute Gasteiger partial charge is 0.411 e. The number of benzene rings is 2. The molecule has 0 bridgehead atoms. The van der Waals surface area contributed by atoms with Crippen molar-refractivity contribution < 1.29 is 14.3 Å². The Morgan fingerprint density at radius 2 is 1.68 bits per heavy atom. The number of thioether (sulfide) groups is 1. The average Bonchev–Trinajstić information content (AvgIpc) is 2.63. The zero-order chi connectivity index (χ0) is 18.1. The van der Waals surface area contributed by atoms with Crippen molar-refractivity contribution in [1.82, 2.24) is 0 Å². The Kier molecular flexibility index (Phi) is 7.31. The van der Waals surface area contributed by atoms with Crippen LogP contribution in [-0.2, 0) is 9.53 Å². The molecule has 0 aliphatic rings. The Hall–Kier alpha value is -2.51. The van der Waals surface area contributed by atoms with E-state index in [0.717, 1.165) is 10.6 Å². The van der Waals surface area contributed by atoms with Gasteiger partial charge in [-0.05, 0) is 48.6 Å². The van der Waals surface area contributed by atoms with Crippen LogP contribution < -0.4 is 16.4 Å². The van der Waals surface area contributed by atoms with Crippen LogP contribution in [-0.4, -0.2) is 30.9 Å². The van der Waals surface area contributed by atoms with Gasteiger partial charge in [0.2, 0.25) is 5.91 Å². The van der Waals surface area contributed by atoms with Crippen LogP contribution in [0.15, 0.2) is 59.5 Å². The topological polar surface area (TPSA) is 93.4 Å². The number of hydrogen-bond donors (Lipinski definition) is 3. The van der Waals surface area contributed by atoms with Gasteiger partial charge >= 0.3 is 6.09 Å². The molecule has 1 atom stereocenters. The molecule has 0 saturated heterocycles. The van der Waals surface area contributed by atoms with Crippen molar-refractivity contribution in [3.8, 4) is 0 Å². The third-order valence-corrected chi connectivity index (χ3v) is 4.41. The number of amides is 2. The van der Waals surface area contributed by atoms with Gasteiger partial charge in [-0.2, -0.15) is 0 Å². The number of carbonyl (C=O) groups excluding carboxylic acids is 2. The van der Waals surface area contributed by atoms with Gasteiger partial charge in [0.15, 0.2) is 0 Å². The standard InChI is InChI=1S/C18H21N3O3S/c1-24-18(23)21-14-7-9-15(10-8-14)25-12-11-16(19)17(22)20-13-5-3-2-4-6-13/h2-10,16H,11-12,19H2,1H3,(H,20,22)(H,21,23). The van der Waals surface area contributed by atoms with Crippen molar-refractivity contribution in [3.05, 3.63) is 54.6 Å². The van der Waals surface area contributed by atoms with E-state index in [-0.39, 0.29) is 5.91 Å². The molecule has 4 N–H and O–H groups in total. The predicted octanol–water partition coefficient (Wildman–Crippen LogP) is 3.31. The van der Waals surface area contributed by atoms with Gasteiger partial charge in [-0.25, -0.2) is 4.79 Å². The lowest BCUT2D eigenvalue weighted by Gasteiger charge is -2.12. The van der Waals surface area contributed by atoms with Crippen LogP contribution in [0.1, 0.15) is 6.42 Å². The summed E-state index contributed by atoms with van der Waals surface area (Å²) in [5.41, 5.74) is 7.34. The minimum atomic E-state index is -0.562. The SMILES string of the molecule is COC(=O)Nc1ccc(SCCC(N)C(=O)Nc2ccccc2)cc1. The number of ether oxygens (including phenoxy) is 1. The van der Waals surface area contributed by atoms with Crippen LogP contribution in [0.4, 0.5) is 16.2 Å². The third-order valence-electron chi connectivity index (χ3n) is 3.36. The highest BCUT2D eigenvalue weighted by atomic mass is 32.2. The van der Waals surface area contributed by atoms with Gasteiger partial charge in [-0.3, -0.25) is 10.1 Å². The first kappa shape index (κ1) is 18.8. The van der Waals surface area contributed by atoms with E-state index in [1.807, 2.05) is 42.5 Å². The molecule has 0 fully saturated rings. The number of anilines is 2. The summed E-state index contributed by atoms with van der Waals surface area (Å²) in [6.07, 6.45) is 0.0571. The highest BCUT2D eigenvalue weighted by Crippen LogP contribution is 2.21. The summed E-state index contributed by atoms with van der Waals surface area (Å²) < 4.78 is 4.53. The van der Waals surface area contributed by atoms with Gasteiger partial charge in [0, 0.05) is 16.3 Å². The Morgan fingerprint density at radius 3 is 2.32 bits per heavy atom. The molecular formula is C18H21N3O3S. The van der Waals surface area contributed by atoms with Gasteiger partial charge in [-0.1, -0.05) is 18.2 Å². The lowest BCUT2D eigenvalue weighted by molar-refractivity contribution is -0.117. The summed E-state index contributed by atoms with van der Waals surface area (Å²) in [6, 6.07) is 16.1. The normalized spacial score (nSPS) is 11.4. The van der Waals surface area contributed by atoms with Crippen molar-refractivity contribution >= 4 is 35.1 Å². The number of para-hydroxylation sites is 1. The zero-order valence-corrected chi connectivity index (χ0v) is 14.7. The molecule has 0 aromatic heterocycles. The number of hydrogen-bond acceptors (Lipinski definition) is 5. The molecule has 1 unspecified atom stereocenters. The van der Waals surface area contributed by atoms with Gasteiger partial charge in [0.1, 0.15) is 0 Å². The lowest BCUT2D eigenvalue weighted by atomic mass is 10.2. The average molecular weight is 359 g/mol. The number of nitrogens with two attached hydrogens (primary N) is 1. The van der Waals surface area contributed by atoms with Crippen molar-refractivity contribution in [2.75, 3.05) is 23.5 Å².